The maximum atomic E-state index is 9.11. The van der Waals surface area contributed by atoms with Gasteiger partial charge in [0, 0.05) is 48.7 Å². The number of nitrogens with zero attached hydrogens (tertiary/aromatic N) is 2. The van der Waals surface area contributed by atoms with E-state index in [4.69, 9.17) is 5.11 Å². The molecule has 0 radical (unpaired) electrons. The topological polar surface area (TPSA) is 26.7 Å². The van der Waals surface area contributed by atoms with Crippen LogP contribution in [-0.2, 0) is 0 Å². The summed E-state index contributed by atoms with van der Waals surface area (Å²) in [5.74, 6) is 6.30. The molecule has 2 aromatic carbocycles. The first-order valence-corrected chi connectivity index (χ1v) is 8.26. The van der Waals surface area contributed by atoms with E-state index in [0.717, 1.165) is 31.7 Å². The maximum absolute atomic E-state index is 9.11. The molecule has 23 heavy (non-hydrogen) atoms. The Hall–Kier alpha value is -2.02. The molecule has 1 unspecified atom stereocenters. The molecule has 0 bridgehead atoms. The smallest absolute Gasteiger partial charge is 0.0566 e. The van der Waals surface area contributed by atoms with E-state index < -0.39 is 0 Å². The molecule has 0 spiro atoms. The Morgan fingerprint density at radius 1 is 1.13 bits per heavy atom. The monoisotopic (exact) mass is 308 g/mol. The summed E-state index contributed by atoms with van der Waals surface area (Å²) in [6.07, 6.45) is 0. The Bertz CT molecular complexity index is 736. The summed E-state index contributed by atoms with van der Waals surface area (Å²) in [5.41, 5.74) is 2.31. The van der Waals surface area contributed by atoms with Crippen molar-refractivity contribution in [3.63, 3.8) is 0 Å². The fourth-order valence-corrected chi connectivity index (χ4v) is 2.91. The van der Waals surface area contributed by atoms with Crippen LogP contribution in [0.25, 0.3) is 10.8 Å². The lowest BCUT2D eigenvalue weighted by Gasteiger charge is -2.34. The second kappa shape index (κ2) is 7.04. The van der Waals surface area contributed by atoms with Crippen LogP contribution in [0.1, 0.15) is 12.5 Å². The first kappa shape index (κ1) is 15.9. The lowest BCUT2D eigenvalue weighted by atomic mass is 10.0. The summed E-state index contributed by atoms with van der Waals surface area (Å²) >= 11 is 0. The predicted molar refractivity (Wildman–Crippen MR) is 96.8 cm³/mol. The van der Waals surface area contributed by atoms with Gasteiger partial charge in [0.1, 0.15) is 0 Å². The third-order valence-corrected chi connectivity index (χ3v) is 4.44. The summed E-state index contributed by atoms with van der Waals surface area (Å²) in [5, 5.41) is 11.6. The van der Waals surface area contributed by atoms with E-state index in [9.17, 15) is 0 Å². The molecule has 3 rings (SSSR count). The molecule has 1 heterocycles. The van der Waals surface area contributed by atoms with Gasteiger partial charge in [-0.15, -0.1) is 0 Å². The first-order chi connectivity index (χ1) is 11.2. The van der Waals surface area contributed by atoms with Crippen LogP contribution in [0.15, 0.2) is 36.4 Å². The van der Waals surface area contributed by atoms with E-state index >= 15 is 0 Å². The normalized spacial score (nSPS) is 16.9. The summed E-state index contributed by atoms with van der Waals surface area (Å²) < 4.78 is 0. The van der Waals surface area contributed by atoms with Crippen LogP contribution >= 0.6 is 0 Å². The lowest BCUT2D eigenvalue weighted by molar-refractivity contribution is 0.266. The highest BCUT2D eigenvalue weighted by molar-refractivity contribution is 5.95. The molecule has 120 valence electrons. The summed E-state index contributed by atoms with van der Waals surface area (Å²) in [4.78, 5) is 4.84. The van der Waals surface area contributed by atoms with Crippen molar-refractivity contribution < 1.29 is 5.11 Å². The number of aliphatic hydroxyl groups excluding tert-OH is 1. The van der Waals surface area contributed by atoms with Gasteiger partial charge in [0.25, 0.3) is 0 Å². The minimum atomic E-state index is 0.0126. The largest absolute Gasteiger partial charge is 0.395 e. The Morgan fingerprint density at radius 3 is 2.65 bits per heavy atom. The number of hydrogen-bond donors (Lipinski definition) is 1. The van der Waals surface area contributed by atoms with Crippen LogP contribution in [0.5, 0.6) is 0 Å². The number of hydrogen-bond acceptors (Lipinski definition) is 3. The summed E-state index contributed by atoms with van der Waals surface area (Å²) in [6.45, 7) is 6.37. The molecule has 1 atom stereocenters. The minimum Gasteiger partial charge on any atom is -0.395 e. The summed E-state index contributed by atoms with van der Waals surface area (Å²) in [6, 6.07) is 12.9. The van der Waals surface area contributed by atoms with Crippen molar-refractivity contribution in [1.29, 1.82) is 0 Å². The highest BCUT2D eigenvalue weighted by Crippen LogP contribution is 2.28. The molecular weight excluding hydrogens is 284 g/mol. The van der Waals surface area contributed by atoms with Gasteiger partial charge >= 0.3 is 0 Å². The fraction of sp³-hybridized carbons (Fsp3) is 0.400. The highest BCUT2D eigenvalue weighted by Gasteiger charge is 2.16. The van der Waals surface area contributed by atoms with Crippen molar-refractivity contribution in [2.45, 2.75) is 6.92 Å². The van der Waals surface area contributed by atoms with Gasteiger partial charge in [-0.25, -0.2) is 0 Å². The third kappa shape index (κ3) is 3.67. The van der Waals surface area contributed by atoms with E-state index in [1.54, 1.807) is 0 Å². The number of piperazine rings is 1. The Balaban J connectivity index is 1.96. The Labute approximate surface area is 138 Å². The van der Waals surface area contributed by atoms with Crippen molar-refractivity contribution in [3.8, 4) is 11.8 Å². The maximum Gasteiger partial charge on any atom is 0.0566 e. The average Bonchev–Trinajstić information content (AvgIpc) is 2.59. The van der Waals surface area contributed by atoms with Gasteiger partial charge in [-0.2, -0.15) is 0 Å². The van der Waals surface area contributed by atoms with Gasteiger partial charge in [-0.05, 0) is 37.6 Å². The van der Waals surface area contributed by atoms with Crippen LogP contribution in [0.3, 0.4) is 0 Å². The van der Waals surface area contributed by atoms with E-state index in [1.165, 1.54) is 16.5 Å². The van der Waals surface area contributed by atoms with Gasteiger partial charge in [-0.3, -0.25) is 0 Å². The lowest BCUT2D eigenvalue weighted by Crippen LogP contribution is -2.44. The SMILES string of the molecule is CC(C#Cc1ccc2cccc(N3CCN(C)CC3)c2c1)CO. The van der Waals surface area contributed by atoms with E-state index in [2.05, 4.69) is 65.1 Å². The highest BCUT2D eigenvalue weighted by atomic mass is 16.3. The number of fused-ring (bicyclic) bond motifs is 1. The molecule has 0 aromatic heterocycles. The molecule has 3 heteroatoms. The number of rotatable bonds is 2. The first-order valence-electron chi connectivity index (χ1n) is 8.26. The molecule has 2 aromatic rings. The van der Waals surface area contributed by atoms with Crippen LogP contribution in [-0.4, -0.2) is 49.8 Å². The van der Waals surface area contributed by atoms with Gasteiger partial charge in [0.2, 0.25) is 0 Å². The van der Waals surface area contributed by atoms with Crippen molar-refractivity contribution in [1.82, 2.24) is 4.90 Å². The molecule has 1 fully saturated rings. The van der Waals surface area contributed by atoms with Gasteiger partial charge in [0.05, 0.1) is 6.61 Å². The third-order valence-electron chi connectivity index (χ3n) is 4.44. The average molecular weight is 308 g/mol. The Kier molecular flexibility index (Phi) is 4.85. The molecule has 3 nitrogen and oxygen atoms in total. The van der Waals surface area contributed by atoms with E-state index in [-0.39, 0.29) is 12.5 Å². The van der Waals surface area contributed by atoms with E-state index in [0.29, 0.717) is 0 Å². The molecule has 1 aliphatic heterocycles. The number of benzene rings is 2. The minimum absolute atomic E-state index is 0.0126. The van der Waals surface area contributed by atoms with Gasteiger partial charge < -0.3 is 14.9 Å². The van der Waals surface area contributed by atoms with Crippen molar-refractivity contribution in [3.05, 3.63) is 42.0 Å². The number of aliphatic hydroxyl groups is 1. The molecule has 0 saturated carbocycles. The molecular formula is C20H24N2O. The zero-order valence-electron chi connectivity index (χ0n) is 13.9. The Morgan fingerprint density at radius 2 is 1.91 bits per heavy atom. The number of anilines is 1. The van der Waals surface area contributed by atoms with Gasteiger partial charge in [0.15, 0.2) is 0 Å². The molecule has 1 saturated heterocycles. The fourth-order valence-electron chi connectivity index (χ4n) is 2.91. The van der Waals surface area contributed by atoms with Crippen LogP contribution in [0, 0.1) is 17.8 Å². The van der Waals surface area contributed by atoms with Gasteiger partial charge in [-0.1, -0.05) is 30.0 Å². The number of likely N-dealkylation sites (N-methyl/N-ethyl adjacent to an activating group) is 1. The van der Waals surface area contributed by atoms with Crippen molar-refractivity contribution in [2.75, 3.05) is 44.7 Å². The van der Waals surface area contributed by atoms with Crippen LogP contribution < -0.4 is 4.90 Å². The van der Waals surface area contributed by atoms with Crippen molar-refractivity contribution >= 4 is 16.5 Å². The molecule has 0 aliphatic carbocycles. The predicted octanol–water partition coefficient (Wildman–Crippen LogP) is 2.57. The molecule has 1 N–H and O–H groups in total. The van der Waals surface area contributed by atoms with E-state index in [1.807, 2.05) is 6.92 Å². The second-order valence-corrected chi connectivity index (χ2v) is 6.36. The second-order valence-electron chi connectivity index (χ2n) is 6.36. The van der Waals surface area contributed by atoms with Crippen LogP contribution in [0.2, 0.25) is 0 Å². The summed E-state index contributed by atoms with van der Waals surface area (Å²) in [7, 11) is 2.18. The van der Waals surface area contributed by atoms with Crippen molar-refractivity contribution in [2.24, 2.45) is 5.92 Å². The standard InChI is InChI=1S/C20H24N2O/c1-16(15-23)6-7-17-8-9-18-4-3-5-20(19(18)14-17)22-12-10-21(2)11-13-22/h3-5,8-9,14,16,23H,10-13,15H2,1-2H3. The zero-order chi connectivity index (χ0) is 16.2. The molecule has 0 amide bonds. The van der Waals surface area contributed by atoms with Crippen LogP contribution in [0.4, 0.5) is 5.69 Å². The molecule has 1 aliphatic rings. The zero-order valence-corrected chi connectivity index (χ0v) is 13.9. The quantitative estimate of drug-likeness (QED) is 0.864.